The number of rotatable bonds is 10. The molecule has 0 atom stereocenters. The minimum absolute atomic E-state index is 0. The summed E-state index contributed by atoms with van der Waals surface area (Å²) in [6.07, 6.45) is 7.58. The van der Waals surface area contributed by atoms with Gasteiger partial charge in [0.2, 0.25) is 0 Å². The molecule has 1 N–H and O–H groups in total. The fourth-order valence-electron chi connectivity index (χ4n) is 1.45. The first-order valence-electron chi connectivity index (χ1n) is 5.60. The molecule has 0 aromatic carbocycles. The van der Waals surface area contributed by atoms with Crippen molar-refractivity contribution in [1.82, 2.24) is 0 Å². The second-order valence-corrected chi connectivity index (χ2v) is 5.34. The molecule has 0 aliphatic carbocycles. The Morgan fingerprint density at radius 1 is 0.812 bits per heavy atom. The molecule has 0 aromatic heterocycles. The van der Waals surface area contributed by atoms with E-state index in [2.05, 4.69) is 0 Å². The molecular weight excluding hydrogens is 255 g/mol. The van der Waals surface area contributed by atoms with E-state index in [1.807, 2.05) is 0 Å². The molecule has 0 amide bonds. The number of hydrogen-bond donors (Lipinski definition) is 1. The third-order valence-corrected chi connectivity index (χ3v) is 3.09. The SMILES string of the molecule is O=S(=O)([O-])CCCCCCCCCCO.[K+]. The molecule has 0 saturated heterocycles. The molecule has 0 radical (unpaired) electrons. The molecule has 6 heteroatoms. The van der Waals surface area contributed by atoms with E-state index in [-0.39, 0.29) is 63.7 Å². The van der Waals surface area contributed by atoms with Gasteiger partial charge in [0.25, 0.3) is 0 Å². The van der Waals surface area contributed by atoms with Crippen LogP contribution in [0, 0.1) is 0 Å². The van der Waals surface area contributed by atoms with Crippen LogP contribution in [0.2, 0.25) is 0 Å². The molecule has 92 valence electrons. The third-order valence-electron chi connectivity index (χ3n) is 2.30. The molecule has 16 heavy (non-hydrogen) atoms. The average Bonchev–Trinajstić information content (AvgIpc) is 2.14. The van der Waals surface area contributed by atoms with Gasteiger partial charge in [0.1, 0.15) is 0 Å². The van der Waals surface area contributed by atoms with E-state index in [1.54, 1.807) is 0 Å². The van der Waals surface area contributed by atoms with E-state index in [0.717, 1.165) is 44.9 Å². The molecule has 0 saturated carbocycles. The fourth-order valence-corrected chi connectivity index (χ4v) is 2.01. The van der Waals surface area contributed by atoms with Gasteiger partial charge in [0, 0.05) is 12.4 Å². The van der Waals surface area contributed by atoms with Crippen molar-refractivity contribution in [3.63, 3.8) is 0 Å². The van der Waals surface area contributed by atoms with Crippen molar-refractivity contribution in [2.24, 2.45) is 0 Å². The van der Waals surface area contributed by atoms with Crippen LogP contribution in [-0.4, -0.2) is 30.4 Å². The normalized spacial score (nSPS) is 11.1. The zero-order valence-electron chi connectivity index (χ0n) is 10.2. The summed E-state index contributed by atoms with van der Waals surface area (Å²) >= 11 is 0. The summed E-state index contributed by atoms with van der Waals surface area (Å²) in [5.41, 5.74) is 0. The summed E-state index contributed by atoms with van der Waals surface area (Å²) in [4.78, 5) is 0. The topological polar surface area (TPSA) is 77.4 Å². The van der Waals surface area contributed by atoms with Gasteiger partial charge in [-0.05, 0) is 12.8 Å². The van der Waals surface area contributed by atoms with Crippen molar-refractivity contribution in [3.8, 4) is 0 Å². The van der Waals surface area contributed by atoms with E-state index >= 15 is 0 Å². The van der Waals surface area contributed by atoms with Crippen LogP contribution in [0.15, 0.2) is 0 Å². The molecule has 0 fully saturated rings. The first-order chi connectivity index (χ1) is 7.06. The van der Waals surface area contributed by atoms with Gasteiger partial charge in [-0.1, -0.05) is 38.5 Å². The summed E-state index contributed by atoms with van der Waals surface area (Å²) in [6, 6.07) is 0. The van der Waals surface area contributed by atoms with Gasteiger partial charge in [-0.3, -0.25) is 0 Å². The smallest absolute Gasteiger partial charge is 0.748 e. The Morgan fingerprint density at radius 2 is 1.19 bits per heavy atom. The zero-order valence-corrected chi connectivity index (χ0v) is 14.1. The quantitative estimate of drug-likeness (QED) is 0.304. The Labute approximate surface area is 141 Å². The average molecular weight is 276 g/mol. The van der Waals surface area contributed by atoms with Crippen LogP contribution in [0.25, 0.3) is 0 Å². The van der Waals surface area contributed by atoms with Crippen LogP contribution < -0.4 is 51.4 Å². The Kier molecular flexibility index (Phi) is 16.1. The molecule has 0 bridgehead atoms. The fraction of sp³-hybridized carbons (Fsp3) is 1.00. The van der Waals surface area contributed by atoms with Gasteiger partial charge < -0.3 is 9.66 Å². The van der Waals surface area contributed by atoms with Crippen molar-refractivity contribution in [2.75, 3.05) is 12.4 Å². The summed E-state index contributed by atoms with van der Waals surface area (Å²) in [7, 11) is -4.01. The summed E-state index contributed by atoms with van der Waals surface area (Å²) in [6.45, 7) is 0.265. The van der Waals surface area contributed by atoms with Crippen LogP contribution in [0.5, 0.6) is 0 Å². The maximum Gasteiger partial charge on any atom is 1.00 e. The molecule has 0 rings (SSSR count). The first kappa shape index (κ1) is 19.8. The van der Waals surface area contributed by atoms with Gasteiger partial charge in [-0.15, -0.1) is 0 Å². The van der Waals surface area contributed by atoms with Gasteiger partial charge in [-0.2, -0.15) is 0 Å². The summed E-state index contributed by atoms with van der Waals surface area (Å²) in [5.74, 6) is -0.225. The van der Waals surface area contributed by atoms with E-state index in [4.69, 9.17) is 5.11 Å². The number of unbranched alkanes of at least 4 members (excludes halogenated alkanes) is 7. The van der Waals surface area contributed by atoms with Crippen LogP contribution in [-0.2, 0) is 10.1 Å². The number of hydrogen-bond acceptors (Lipinski definition) is 4. The molecule has 0 aromatic rings. The second kappa shape index (κ2) is 13.0. The van der Waals surface area contributed by atoms with Gasteiger partial charge >= 0.3 is 51.4 Å². The zero-order chi connectivity index (χ0) is 11.6. The number of aliphatic hydroxyl groups is 1. The van der Waals surface area contributed by atoms with Crippen molar-refractivity contribution < 1.29 is 69.5 Å². The largest absolute Gasteiger partial charge is 1.00 e. The molecule has 0 unspecified atom stereocenters. The standard InChI is InChI=1S/C10H22O4S.K/c11-9-7-5-3-1-2-4-6-8-10-15(12,13)14;/h11H,1-10H2,(H,12,13,14);/q;+1/p-1. The molecule has 0 heterocycles. The van der Waals surface area contributed by atoms with Crippen molar-refractivity contribution in [2.45, 2.75) is 51.4 Å². The maximum atomic E-state index is 10.3. The Balaban J connectivity index is 0. The van der Waals surface area contributed by atoms with Crippen LogP contribution in [0.4, 0.5) is 0 Å². The van der Waals surface area contributed by atoms with Crippen molar-refractivity contribution in [3.05, 3.63) is 0 Å². The van der Waals surface area contributed by atoms with E-state index in [9.17, 15) is 13.0 Å². The van der Waals surface area contributed by atoms with E-state index in [1.165, 1.54) is 0 Å². The third kappa shape index (κ3) is 17.9. The molecular formula is C10H21KO4S. The molecule has 0 aliphatic heterocycles. The summed E-state index contributed by atoms with van der Waals surface area (Å²) in [5, 5.41) is 8.53. The Morgan fingerprint density at radius 3 is 1.56 bits per heavy atom. The van der Waals surface area contributed by atoms with E-state index in [0.29, 0.717) is 6.42 Å². The van der Waals surface area contributed by atoms with E-state index < -0.39 is 10.1 Å². The molecule has 0 spiro atoms. The molecule has 4 nitrogen and oxygen atoms in total. The van der Waals surface area contributed by atoms with Crippen molar-refractivity contribution in [1.29, 1.82) is 0 Å². The first-order valence-corrected chi connectivity index (χ1v) is 7.18. The van der Waals surface area contributed by atoms with Gasteiger partial charge in [0.05, 0.1) is 10.1 Å². The van der Waals surface area contributed by atoms with Crippen LogP contribution in [0.1, 0.15) is 51.4 Å². The van der Waals surface area contributed by atoms with Crippen LogP contribution in [0.3, 0.4) is 0 Å². The second-order valence-electron chi connectivity index (χ2n) is 3.81. The van der Waals surface area contributed by atoms with Crippen molar-refractivity contribution >= 4 is 10.1 Å². The minimum Gasteiger partial charge on any atom is -0.748 e. The minimum atomic E-state index is -4.01. The van der Waals surface area contributed by atoms with Gasteiger partial charge in [0.15, 0.2) is 0 Å². The summed E-state index contributed by atoms with van der Waals surface area (Å²) < 4.78 is 30.8. The predicted molar refractivity (Wildman–Crippen MR) is 58.6 cm³/mol. The Hall–Kier alpha value is 1.51. The Bertz CT molecular complexity index is 229. The predicted octanol–water partition coefficient (Wildman–Crippen LogP) is -1.35. The molecule has 0 aliphatic rings. The van der Waals surface area contributed by atoms with Gasteiger partial charge in [-0.25, -0.2) is 8.42 Å². The number of aliphatic hydroxyl groups excluding tert-OH is 1. The maximum absolute atomic E-state index is 10.3. The van der Waals surface area contributed by atoms with Crippen LogP contribution >= 0.6 is 0 Å². The monoisotopic (exact) mass is 276 g/mol.